The van der Waals surface area contributed by atoms with Crippen LogP contribution in [0.1, 0.15) is 27.2 Å². The van der Waals surface area contributed by atoms with E-state index in [2.05, 4.69) is 0 Å². The van der Waals surface area contributed by atoms with Crippen LogP contribution in [0.15, 0.2) is 124 Å². The zero-order valence-corrected chi connectivity index (χ0v) is 22.6. The monoisotopic (exact) mass is 580 g/mol. The Bertz CT molecular complexity index is 2010. The van der Waals surface area contributed by atoms with Crippen LogP contribution < -0.4 is 14.9 Å². The van der Waals surface area contributed by atoms with Crippen LogP contribution in [0.25, 0.3) is 21.7 Å². The number of alkyl halides is 3. The van der Waals surface area contributed by atoms with Gasteiger partial charge in [-0.1, -0.05) is 78.9 Å². The molecule has 0 N–H and O–H groups in total. The lowest BCUT2D eigenvalue weighted by atomic mass is 10.00. The lowest BCUT2D eigenvalue weighted by Crippen LogP contribution is -2.16. The first kappa shape index (κ1) is 27.8. The van der Waals surface area contributed by atoms with Crippen LogP contribution in [0.5, 0.6) is 17.2 Å². The summed E-state index contributed by atoms with van der Waals surface area (Å²) in [4.78, 5) is 26.4. The molecule has 8 heteroatoms. The Morgan fingerprint density at radius 1 is 0.721 bits per heavy atom. The topological polar surface area (TPSA) is 65.7 Å². The Kier molecular flexibility index (Phi) is 7.42. The molecule has 6 rings (SSSR count). The number of fused-ring (bicyclic) bond motifs is 2. The number of benzene rings is 5. The van der Waals surface area contributed by atoms with Gasteiger partial charge in [-0.3, -0.25) is 4.79 Å². The molecular weight excluding hydrogens is 557 g/mol. The minimum Gasteiger partial charge on any atom is -0.449 e. The highest BCUT2D eigenvalue weighted by Crippen LogP contribution is 2.39. The maximum Gasteiger partial charge on any atom is 0.453 e. The highest BCUT2D eigenvalue weighted by atomic mass is 19.4. The molecule has 0 amide bonds. The Labute approximate surface area is 243 Å². The third-order valence-corrected chi connectivity index (χ3v) is 6.99. The second-order valence-corrected chi connectivity index (χ2v) is 9.89. The first-order chi connectivity index (χ1) is 20.8. The molecule has 0 spiro atoms. The molecular formula is C35H23F3O5. The predicted octanol–water partition coefficient (Wildman–Crippen LogP) is 8.76. The van der Waals surface area contributed by atoms with Crippen LogP contribution in [-0.4, -0.2) is 5.97 Å². The minimum absolute atomic E-state index is 0.0485. The van der Waals surface area contributed by atoms with Crippen LogP contribution in [0, 0.1) is 0 Å². The molecule has 0 radical (unpaired) electrons. The predicted molar refractivity (Wildman–Crippen MR) is 157 cm³/mol. The molecule has 0 unspecified atom stereocenters. The second-order valence-electron chi connectivity index (χ2n) is 9.89. The summed E-state index contributed by atoms with van der Waals surface area (Å²) < 4.78 is 58.5. The summed E-state index contributed by atoms with van der Waals surface area (Å²) in [6.45, 7) is 0. The zero-order chi connectivity index (χ0) is 30.0. The summed E-state index contributed by atoms with van der Waals surface area (Å²) in [5.41, 5.74) is 0.796. The number of aryl methyl sites for hydroxylation is 2. The van der Waals surface area contributed by atoms with Gasteiger partial charge in [-0.25, -0.2) is 4.79 Å². The van der Waals surface area contributed by atoms with Crippen LogP contribution in [0.4, 0.5) is 13.2 Å². The Hall–Kier alpha value is -5.37. The van der Waals surface area contributed by atoms with E-state index in [1.54, 1.807) is 36.4 Å². The molecule has 0 bridgehead atoms. The van der Waals surface area contributed by atoms with Crippen molar-refractivity contribution in [3.63, 3.8) is 0 Å². The fourth-order valence-corrected chi connectivity index (χ4v) is 4.87. The quantitative estimate of drug-likeness (QED) is 0.140. The molecule has 43 heavy (non-hydrogen) atoms. The van der Waals surface area contributed by atoms with Gasteiger partial charge in [0.2, 0.25) is 11.2 Å². The highest BCUT2D eigenvalue weighted by Gasteiger charge is 2.40. The first-order valence-electron chi connectivity index (χ1n) is 13.4. The van der Waals surface area contributed by atoms with Gasteiger partial charge >= 0.3 is 12.1 Å². The summed E-state index contributed by atoms with van der Waals surface area (Å²) >= 11 is 0. The van der Waals surface area contributed by atoms with Gasteiger partial charge in [0, 0.05) is 6.07 Å². The Morgan fingerprint density at radius 2 is 1.42 bits per heavy atom. The van der Waals surface area contributed by atoms with E-state index >= 15 is 0 Å². The molecule has 1 heterocycles. The van der Waals surface area contributed by atoms with Gasteiger partial charge in [0.15, 0.2) is 0 Å². The zero-order valence-electron chi connectivity index (χ0n) is 22.6. The van der Waals surface area contributed by atoms with Crippen molar-refractivity contribution in [2.75, 3.05) is 0 Å². The Balaban J connectivity index is 1.30. The SMILES string of the molecule is O=C(Oc1ccc2c(=O)c(Oc3ccc4ccccc4c3)c(C(F)(F)F)oc2c1)c1ccccc1CCc1ccccc1. The number of ether oxygens (including phenoxy) is 2. The van der Waals surface area contributed by atoms with Crippen molar-refractivity contribution in [1.82, 2.24) is 0 Å². The number of carbonyl (C=O) groups is 1. The smallest absolute Gasteiger partial charge is 0.449 e. The summed E-state index contributed by atoms with van der Waals surface area (Å²) in [5.74, 6) is -3.28. The normalized spacial score (nSPS) is 11.5. The van der Waals surface area contributed by atoms with Crippen molar-refractivity contribution in [3.8, 4) is 17.2 Å². The number of halogens is 3. The van der Waals surface area contributed by atoms with Crippen LogP contribution in [0.2, 0.25) is 0 Å². The molecule has 0 atom stereocenters. The van der Waals surface area contributed by atoms with E-state index in [0.29, 0.717) is 18.4 Å². The molecule has 5 nitrogen and oxygen atoms in total. The van der Waals surface area contributed by atoms with Crippen molar-refractivity contribution in [3.05, 3.63) is 148 Å². The van der Waals surface area contributed by atoms with Crippen molar-refractivity contribution >= 4 is 27.7 Å². The number of rotatable bonds is 7. The number of hydrogen-bond acceptors (Lipinski definition) is 5. The van der Waals surface area contributed by atoms with Crippen molar-refractivity contribution in [1.29, 1.82) is 0 Å². The van der Waals surface area contributed by atoms with Gasteiger partial charge in [0.25, 0.3) is 5.76 Å². The molecule has 0 aliphatic heterocycles. The number of carbonyl (C=O) groups excluding carboxylic acids is 1. The fraction of sp³-hybridized carbons (Fsp3) is 0.0857. The second kappa shape index (κ2) is 11.5. The van der Waals surface area contributed by atoms with E-state index in [4.69, 9.17) is 13.9 Å². The average Bonchev–Trinajstić information content (AvgIpc) is 3.01. The largest absolute Gasteiger partial charge is 0.453 e. The Morgan fingerprint density at radius 3 is 2.21 bits per heavy atom. The van der Waals surface area contributed by atoms with Crippen molar-refractivity contribution < 1.29 is 31.9 Å². The maximum absolute atomic E-state index is 14.1. The van der Waals surface area contributed by atoms with Crippen molar-refractivity contribution in [2.45, 2.75) is 19.0 Å². The van der Waals surface area contributed by atoms with Crippen molar-refractivity contribution in [2.24, 2.45) is 0 Å². The van der Waals surface area contributed by atoms with E-state index in [1.807, 2.05) is 54.6 Å². The molecule has 0 fully saturated rings. The first-order valence-corrected chi connectivity index (χ1v) is 13.4. The van der Waals surface area contributed by atoms with Gasteiger partial charge in [-0.2, -0.15) is 13.2 Å². The summed E-state index contributed by atoms with van der Waals surface area (Å²) in [7, 11) is 0. The highest BCUT2D eigenvalue weighted by molar-refractivity contribution is 5.93. The van der Waals surface area contributed by atoms with E-state index < -0.39 is 34.7 Å². The molecule has 6 aromatic rings. The van der Waals surface area contributed by atoms with E-state index in [0.717, 1.165) is 28.0 Å². The number of esters is 1. The minimum atomic E-state index is -5.04. The van der Waals surface area contributed by atoms with Gasteiger partial charge in [-0.05, 0) is 65.1 Å². The van der Waals surface area contributed by atoms with Crippen LogP contribution >= 0.6 is 0 Å². The lowest BCUT2D eigenvalue weighted by Gasteiger charge is -2.14. The summed E-state index contributed by atoms with van der Waals surface area (Å²) in [6, 6.07) is 32.4. The van der Waals surface area contributed by atoms with E-state index in [9.17, 15) is 22.8 Å². The van der Waals surface area contributed by atoms with Crippen LogP contribution in [0.3, 0.4) is 0 Å². The molecule has 0 saturated carbocycles. The van der Waals surface area contributed by atoms with E-state index in [-0.39, 0.29) is 16.9 Å². The molecule has 1 aromatic heterocycles. The molecule has 0 aliphatic rings. The molecule has 5 aromatic carbocycles. The van der Waals surface area contributed by atoms with Gasteiger partial charge in [0.1, 0.15) is 17.1 Å². The maximum atomic E-state index is 14.1. The summed E-state index contributed by atoms with van der Waals surface area (Å²) in [6.07, 6.45) is -3.75. The van der Waals surface area contributed by atoms with E-state index in [1.165, 1.54) is 18.2 Å². The average molecular weight is 581 g/mol. The number of hydrogen-bond donors (Lipinski definition) is 0. The third-order valence-electron chi connectivity index (χ3n) is 6.99. The third kappa shape index (κ3) is 5.99. The van der Waals surface area contributed by atoms with Crippen LogP contribution in [-0.2, 0) is 19.0 Å². The standard InChI is InChI=1S/C35H23F3O5/c36-35(37,38)33-32(41-26-17-16-23-10-4-5-12-25(23)20-26)31(39)29-19-18-27(21-30(29)43-33)42-34(40)28-13-7-6-11-24(28)15-14-22-8-2-1-3-9-22/h1-13,16-21H,14-15H2. The fourth-order valence-electron chi connectivity index (χ4n) is 4.87. The lowest BCUT2D eigenvalue weighted by molar-refractivity contribution is -0.154. The molecule has 214 valence electrons. The molecule has 0 aliphatic carbocycles. The van der Waals surface area contributed by atoms with Gasteiger partial charge in [-0.15, -0.1) is 0 Å². The summed E-state index contributed by atoms with van der Waals surface area (Å²) in [5, 5.41) is 1.43. The van der Waals surface area contributed by atoms with Gasteiger partial charge in [0.05, 0.1) is 10.9 Å². The molecule has 0 saturated heterocycles. The van der Waals surface area contributed by atoms with Gasteiger partial charge < -0.3 is 13.9 Å².